The van der Waals surface area contributed by atoms with Crippen LogP contribution < -0.4 is 0 Å². The lowest BCUT2D eigenvalue weighted by molar-refractivity contribution is -0.117. The minimum absolute atomic E-state index is 0.0590. The molecule has 1 fully saturated rings. The van der Waals surface area contributed by atoms with Crippen molar-refractivity contribution in [3.8, 4) is 0 Å². The van der Waals surface area contributed by atoms with Gasteiger partial charge in [0.05, 0.1) is 0 Å². The van der Waals surface area contributed by atoms with Gasteiger partial charge in [0.15, 0.2) is 0 Å². The SMILES string of the molecule is CC(C)(C=O)C1CCCC1. The van der Waals surface area contributed by atoms with E-state index in [9.17, 15) is 4.79 Å². The van der Waals surface area contributed by atoms with Crippen molar-refractivity contribution < 1.29 is 4.79 Å². The van der Waals surface area contributed by atoms with Crippen LogP contribution in [0, 0.1) is 11.3 Å². The minimum atomic E-state index is -0.0590. The highest BCUT2D eigenvalue weighted by molar-refractivity contribution is 5.58. The molecule has 1 nitrogen and oxygen atoms in total. The molecule has 0 bridgehead atoms. The van der Waals surface area contributed by atoms with Gasteiger partial charge in [-0.15, -0.1) is 0 Å². The fourth-order valence-electron chi connectivity index (χ4n) is 1.77. The second-order valence-electron chi connectivity index (χ2n) is 3.92. The third kappa shape index (κ3) is 1.39. The Morgan fingerprint density at radius 2 is 1.80 bits per heavy atom. The van der Waals surface area contributed by atoms with Gasteiger partial charge in [-0.25, -0.2) is 0 Å². The van der Waals surface area contributed by atoms with Crippen molar-refractivity contribution in [2.45, 2.75) is 39.5 Å². The van der Waals surface area contributed by atoms with Crippen LogP contribution in [0.4, 0.5) is 0 Å². The number of hydrogen-bond acceptors (Lipinski definition) is 1. The van der Waals surface area contributed by atoms with Gasteiger partial charge in [-0.2, -0.15) is 0 Å². The molecule has 0 unspecified atom stereocenters. The van der Waals surface area contributed by atoms with Crippen molar-refractivity contribution in [3.63, 3.8) is 0 Å². The Hall–Kier alpha value is -0.330. The quantitative estimate of drug-likeness (QED) is 0.538. The van der Waals surface area contributed by atoms with Crippen LogP contribution >= 0.6 is 0 Å². The molecule has 58 valence electrons. The predicted molar refractivity (Wildman–Crippen MR) is 41.8 cm³/mol. The number of hydrogen-bond donors (Lipinski definition) is 0. The topological polar surface area (TPSA) is 17.1 Å². The first-order valence-electron chi connectivity index (χ1n) is 4.13. The molecule has 1 heteroatoms. The van der Waals surface area contributed by atoms with Crippen LogP contribution in [-0.2, 0) is 4.79 Å². The van der Waals surface area contributed by atoms with Crippen molar-refractivity contribution in [1.82, 2.24) is 0 Å². The first-order valence-corrected chi connectivity index (χ1v) is 4.13. The summed E-state index contributed by atoms with van der Waals surface area (Å²) in [4.78, 5) is 10.6. The zero-order valence-electron chi connectivity index (χ0n) is 6.89. The molecule has 0 amide bonds. The molecule has 0 aromatic heterocycles. The average Bonchev–Trinajstić information content (AvgIpc) is 2.38. The van der Waals surface area contributed by atoms with E-state index < -0.39 is 0 Å². The van der Waals surface area contributed by atoms with Gasteiger partial charge >= 0.3 is 0 Å². The lowest BCUT2D eigenvalue weighted by Gasteiger charge is -2.24. The summed E-state index contributed by atoms with van der Waals surface area (Å²) in [7, 11) is 0. The lowest BCUT2D eigenvalue weighted by atomic mass is 9.79. The highest BCUT2D eigenvalue weighted by atomic mass is 16.1. The standard InChI is InChI=1S/C9H16O/c1-9(2,7-10)8-5-3-4-6-8/h7-8H,3-6H2,1-2H3. The smallest absolute Gasteiger partial charge is 0.125 e. The van der Waals surface area contributed by atoms with Gasteiger partial charge in [0.1, 0.15) is 6.29 Å². The molecular weight excluding hydrogens is 124 g/mol. The minimum Gasteiger partial charge on any atom is -0.303 e. The molecule has 1 aliphatic rings. The zero-order chi connectivity index (χ0) is 7.61. The van der Waals surface area contributed by atoms with Crippen LogP contribution in [0.3, 0.4) is 0 Å². The van der Waals surface area contributed by atoms with E-state index in [0.717, 1.165) is 6.29 Å². The van der Waals surface area contributed by atoms with E-state index in [4.69, 9.17) is 0 Å². The molecule has 1 saturated carbocycles. The molecule has 0 aromatic rings. The highest BCUT2D eigenvalue weighted by Crippen LogP contribution is 2.37. The van der Waals surface area contributed by atoms with Gasteiger partial charge in [-0.1, -0.05) is 26.7 Å². The van der Waals surface area contributed by atoms with Gasteiger partial charge in [0.25, 0.3) is 0 Å². The summed E-state index contributed by atoms with van der Waals surface area (Å²) >= 11 is 0. The number of rotatable bonds is 2. The summed E-state index contributed by atoms with van der Waals surface area (Å²) < 4.78 is 0. The lowest BCUT2D eigenvalue weighted by Crippen LogP contribution is -2.22. The van der Waals surface area contributed by atoms with E-state index in [1.807, 2.05) is 0 Å². The number of carbonyl (C=O) groups is 1. The predicted octanol–water partition coefficient (Wildman–Crippen LogP) is 2.40. The van der Waals surface area contributed by atoms with E-state index in [1.54, 1.807) is 0 Å². The molecule has 0 atom stereocenters. The molecule has 10 heavy (non-hydrogen) atoms. The highest BCUT2D eigenvalue weighted by Gasteiger charge is 2.30. The van der Waals surface area contributed by atoms with Crippen molar-refractivity contribution in [3.05, 3.63) is 0 Å². The second-order valence-corrected chi connectivity index (χ2v) is 3.92. The van der Waals surface area contributed by atoms with Crippen LogP contribution in [0.5, 0.6) is 0 Å². The first kappa shape index (κ1) is 7.77. The Morgan fingerprint density at radius 1 is 1.30 bits per heavy atom. The zero-order valence-corrected chi connectivity index (χ0v) is 6.89. The van der Waals surface area contributed by atoms with Crippen molar-refractivity contribution in [2.24, 2.45) is 11.3 Å². The van der Waals surface area contributed by atoms with E-state index in [-0.39, 0.29) is 5.41 Å². The van der Waals surface area contributed by atoms with Crippen LogP contribution in [0.25, 0.3) is 0 Å². The molecule has 0 saturated heterocycles. The van der Waals surface area contributed by atoms with Crippen LogP contribution in [0.1, 0.15) is 39.5 Å². The second kappa shape index (κ2) is 2.73. The largest absolute Gasteiger partial charge is 0.303 e. The third-order valence-corrected chi connectivity index (χ3v) is 2.71. The Balaban J connectivity index is 2.53. The van der Waals surface area contributed by atoms with Gasteiger partial charge in [0, 0.05) is 5.41 Å². The molecule has 0 radical (unpaired) electrons. The summed E-state index contributed by atoms with van der Waals surface area (Å²) in [6.45, 7) is 4.10. The molecule has 0 N–H and O–H groups in total. The summed E-state index contributed by atoms with van der Waals surface area (Å²) in [6.07, 6.45) is 6.27. The molecule has 0 heterocycles. The summed E-state index contributed by atoms with van der Waals surface area (Å²) in [5, 5.41) is 0. The summed E-state index contributed by atoms with van der Waals surface area (Å²) in [6, 6.07) is 0. The van der Waals surface area contributed by atoms with Gasteiger partial charge in [-0.05, 0) is 18.8 Å². The number of aldehydes is 1. The van der Waals surface area contributed by atoms with Gasteiger partial charge in [0.2, 0.25) is 0 Å². The van der Waals surface area contributed by atoms with Crippen LogP contribution in [-0.4, -0.2) is 6.29 Å². The van der Waals surface area contributed by atoms with Crippen molar-refractivity contribution >= 4 is 6.29 Å². The van der Waals surface area contributed by atoms with Crippen LogP contribution in [0.15, 0.2) is 0 Å². The Labute approximate surface area is 62.8 Å². The summed E-state index contributed by atoms with van der Waals surface area (Å²) in [5.74, 6) is 0.657. The van der Waals surface area contributed by atoms with E-state index in [1.165, 1.54) is 25.7 Å². The third-order valence-electron chi connectivity index (χ3n) is 2.71. The Morgan fingerprint density at radius 3 is 2.20 bits per heavy atom. The molecule has 1 aliphatic carbocycles. The maximum atomic E-state index is 10.6. The molecular formula is C9H16O. The fraction of sp³-hybridized carbons (Fsp3) is 0.889. The maximum absolute atomic E-state index is 10.6. The monoisotopic (exact) mass is 140 g/mol. The maximum Gasteiger partial charge on any atom is 0.125 e. The van der Waals surface area contributed by atoms with Crippen molar-refractivity contribution in [1.29, 1.82) is 0 Å². The first-order chi connectivity index (χ1) is 4.67. The van der Waals surface area contributed by atoms with E-state index in [2.05, 4.69) is 13.8 Å². The molecule has 1 rings (SSSR count). The van der Waals surface area contributed by atoms with Crippen molar-refractivity contribution in [2.75, 3.05) is 0 Å². The molecule has 0 aromatic carbocycles. The number of carbonyl (C=O) groups excluding carboxylic acids is 1. The van der Waals surface area contributed by atoms with E-state index >= 15 is 0 Å². The summed E-state index contributed by atoms with van der Waals surface area (Å²) in [5.41, 5.74) is -0.0590. The normalized spacial score (nSPS) is 21.4. The molecule has 0 spiro atoms. The van der Waals surface area contributed by atoms with Gasteiger partial charge in [-0.3, -0.25) is 0 Å². The van der Waals surface area contributed by atoms with Crippen LogP contribution in [0.2, 0.25) is 0 Å². The Kier molecular flexibility index (Phi) is 2.12. The molecule has 0 aliphatic heterocycles. The van der Waals surface area contributed by atoms with E-state index in [0.29, 0.717) is 5.92 Å². The Bertz CT molecular complexity index is 121. The fourth-order valence-corrected chi connectivity index (χ4v) is 1.77. The average molecular weight is 140 g/mol. The van der Waals surface area contributed by atoms with Gasteiger partial charge < -0.3 is 4.79 Å².